The third-order valence-electron chi connectivity index (χ3n) is 5.76. The molecular formula is C23H16F2N10O. The molecule has 11 nitrogen and oxygen atoms in total. The van der Waals surface area contributed by atoms with Crippen LogP contribution in [0.4, 0.5) is 26.4 Å². The first-order valence-corrected chi connectivity index (χ1v) is 10.7. The van der Waals surface area contributed by atoms with E-state index in [4.69, 9.17) is 11.5 Å². The van der Waals surface area contributed by atoms with Gasteiger partial charge in [0.15, 0.2) is 5.82 Å². The van der Waals surface area contributed by atoms with Gasteiger partial charge in [0.2, 0.25) is 5.95 Å². The summed E-state index contributed by atoms with van der Waals surface area (Å²) in [6, 6.07) is 6.07. The second kappa shape index (κ2) is 8.56. The number of hydrogen-bond donors (Lipinski definition) is 3. The molecule has 1 saturated carbocycles. The van der Waals surface area contributed by atoms with Crippen LogP contribution in [-0.4, -0.2) is 24.5 Å². The molecule has 5 N–H and O–H groups in total. The van der Waals surface area contributed by atoms with Gasteiger partial charge in [0.05, 0.1) is 40.6 Å². The molecule has 0 saturated heterocycles. The summed E-state index contributed by atoms with van der Waals surface area (Å²) in [5.41, 5.74) is 10.7. The second-order valence-electron chi connectivity index (χ2n) is 8.20. The fourth-order valence-electron chi connectivity index (χ4n) is 4.02. The largest absolute Gasteiger partial charge is 0.382 e. The Balaban J connectivity index is 1.81. The van der Waals surface area contributed by atoms with Crippen molar-refractivity contribution in [1.29, 1.82) is 10.5 Å². The monoisotopic (exact) mass is 486 g/mol. The normalized spacial score (nSPS) is 13.7. The van der Waals surface area contributed by atoms with Gasteiger partial charge in [0, 0.05) is 6.07 Å². The van der Waals surface area contributed by atoms with Crippen LogP contribution in [-0.2, 0) is 0 Å². The lowest BCUT2D eigenvalue weighted by Crippen LogP contribution is -2.30. The van der Waals surface area contributed by atoms with Gasteiger partial charge in [0.1, 0.15) is 41.0 Å². The lowest BCUT2D eigenvalue weighted by molar-refractivity contribution is 0.599. The Labute approximate surface area is 201 Å². The molecule has 0 radical (unpaired) electrons. The summed E-state index contributed by atoms with van der Waals surface area (Å²) in [4.78, 5) is 30.0. The molecule has 0 aliphatic heterocycles. The number of hydrogen-bond acceptors (Lipinski definition) is 10. The number of pyridine rings is 1. The molecule has 0 amide bonds. The summed E-state index contributed by atoms with van der Waals surface area (Å²) >= 11 is 0. The van der Waals surface area contributed by atoms with Gasteiger partial charge in [-0.1, -0.05) is 0 Å². The van der Waals surface area contributed by atoms with Crippen molar-refractivity contribution in [2.24, 2.45) is 5.92 Å². The highest BCUT2D eigenvalue weighted by atomic mass is 19.1. The first kappa shape index (κ1) is 22.6. The second-order valence-corrected chi connectivity index (χ2v) is 8.20. The molecule has 5 rings (SSSR count). The summed E-state index contributed by atoms with van der Waals surface area (Å²) in [6.07, 6.45) is 3.70. The van der Waals surface area contributed by atoms with Crippen LogP contribution in [0.5, 0.6) is 0 Å². The minimum absolute atomic E-state index is 0.0193. The molecule has 1 aromatic carbocycles. The number of nitrogen functional groups attached to an aromatic ring is 2. The highest BCUT2D eigenvalue weighted by Crippen LogP contribution is 2.43. The molecule has 1 atom stereocenters. The van der Waals surface area contributed by atoms with Crippen molar-refractivity contribution >= 4 is 28.5 Å². The van der Waals surface area contributed by atoms with Crippen LogP contribution in [0.15, 0.2) is 35.4 Å². The Kier molecular flexibility index (Phi) is 5.37. The zero-order chi connectivity index (χ0) is 25.6. The minimum Gasteiger partial charge on any atom is -0.382 e. The van der Waals surface area contributed by atoms with E-state index in [0.717, 1.165) is 41.8 Å². The number of anilines is 3. The molecule has 1 fully saturated rings. The molecule has 178 valence electrons. The SMILES string of the molecule is N#Cc1c(N)nc(N)nc1NC(c1nc2c(C#N)cc(F)cc2c(=O)n1-c1cncc(F)c1)C1CC1. The van der Waals surface area contributed by atoms with E-state index in [1.807, 2.05) is 12.1 Å². The lowest BCUT2D eigenvalue weighted by Gasteiger charge is -2.23. The number of aromatic nitrogens is 5. The van der Waals surface area contributed by atoms with Crippen molar-refractivity contribution in [3.05, 3.63) is 69.5 Å². The lowest BCUT2D eigenvalue weighted by atomic mass is 10.1. The smallest absolute Gasteiger partial charge is 0.266 e. The Morgan fingerprint density at radius 1 is 1.06 bits per heavy atom. The predicted octanol–water partition coefficient (Wildman–Crippen LogP) is 2.32. The fraction of sp³-hybridized carbons (Fsp3) is 0.174. The van der Waals surface area contributed by atoms with Gasteiger partial charge in [-0.15, -0.1) is 0 Å². The standard InChI is InChI=1S/C23H16F2N10O/c24-12-3-11(6-26)17-15(5-12)22(36)35(14-4-13(25)8-30-9-14)21(32-17)18(10-1-2-10)31-20-16(7-27)19(28)33-23(29)34-20/h3-5,8-10,18H,1-2H2,(H5,28,29,31,33,34). The Hall–Kier alpha value is -5.17. The first-order valence-electron chi connectivity index (χ1n) is 10.7. The average molecular weight is 486 g/mol. The molecule has 3 heterocycles. The van der Waals surface area contributed by atoms with E-state index >= 15 is 0 Å². The van der Waals surface area contributed by atoms with Gasteiger partial charge in [-0.3, -0.25) is 14.3 Å². The van der Waals surface area contributed by atoms with Crippen LogP contribution in [0.3, 0.4) is 0 Å². The summed E-state index contributed by atoms with van der Waals surface area (Å²) in [6.45, 7) is 0. The van der Waals surface area contributed by atoms with E-state index in [-0.39, 0.29) is 57.0 Å². The molecule has 1 aliphatic rings. The summed E-state index contributed by atoms with van der Waals surface area (Å²) in [7, 11) is 0. The fourth-order valence-corrected chi connectivity index (χ4v) is 4.02. The molecule has 0 spiro atoms. The number of fused-ring (bicyclic) bond motifs is 1. The summed E-state index contributed by atoms with van der Waals surface area (Å²) in [5.74, 6) is -1.77. The van der Waals surface area contributed by atoms with Gasteiger partial charge in [-0.05, 0) is 30.9 Å². The number of nitrogens with two attached hydrogens (primary N) is 2. The maximum absolute atomic E-state index is 14.2. The van der Waals surface area contributed by atoms with Crippen LogP contribution >= 0.6 is 0 Å². The number of halogens is 2. The molecule has 1 aliphatic carbocycles. The summed E-state index contributed by atoms with van der Waals surface area (Å²) < 4.78 is 29.5. The molecular weight excluding hydrogens is 470 g/mol. The van der Waals surface area contributed by atoms with Crippen molar-refractivity contribution in [3.8, 4) is 17.8 Å². The van der Waals surface area contributed by atoms with Crippen LogP contribution in [0.2, 0.25) is 0 Å². The van der Waals surface area contributed by atoms with Crippen molar-refractivity contribution in [1.82, 2.24) is 24.5 Å². The third kappa shape index (κ3) is 3.88. The van der Waals surface area contributed by atoms with Gasteiger partial charge < -0.3 is 16.8 Å². The Morgan fingerprint density at radius 3 is 2.50 bits per heavy atom. The van der Waals surface area contributed by atoms with Crippen LogP contribution in [0, 0.1) is 40.2 Å². The zero-order valence-corrected chi connectivity index (χ0v) is 18.4. The number of nitriles is 2. The Bertz CT molecular complexity index is 1680. The van der Waals surface area contributed by atoms with E-state index in [1.54, 1.807) is 0 Å². The quantitative estimate of drug-likeness (QED) is 0.378. The van der Waals surface area contributed by atoms with Gasteiger partial charge in [-0.25, -0.2) is 13.8 Å². The first-order chi connectivity index (χ1) is 17.3. The summed E-state index contributed by atoms with van der Waals surface area (Å²) in [5, 5.41) is 22.1. The van der Waals surface area contributed by atoms with Crippen molar-refractivity contribution in [3.63, 3.8) is 0 Å². The van der Waals surface area contributed by atoms with Crippen molar-refractivity contribution in [2.45, 2.75) is 18.9 Å². The molecule has 0 bridgehead atoms. The highest BCUT2D eigenvalue weighted by molar-refractivity contribution is 5.84. The highest BCUT2D eigenvalue weighted by Gasteiger charge is 2.37. The van der Waals surface area contributed by atoms with Gasteiger partial charge in [-0.2, -0.15) is 20.5 Å². The van der Waals surface area contributed by atoms with Crippen molar-refractivity contribution in [2.75, 3.05) is 16.8 Å². The predicted molar refractivity (Wildman–Crippen MR) is 124 cm³/mol. The molecule has 36 heavy (non-hydrogen) atoms. The number of rotatable bonds is 5. The number of benzene rings is 1. The molecule has 1 unspecified atom stereocenters. The van der Waals surface area contributed by atoms with E-state index < -0.39 is 23.2 Å². The van der Waals surface area contributed by atoms with Crippen LogP contribution in [0.25, 0.3) is 16.6 Å². The third-order valence-corrected chi connectivity index (χ3v) is 5.76. The van der Waals surface area contributed by atoms with Crippen LogP contribution < -0.4 is 22.3 Å². The van der Waals surface area contributed by atoms with E-state index in [9.17, 15) is 24.1 Å². The number of nitrogens with zero attached hydrogens (tertiary/aromatic N) is 7. The maximum Gasteiger partial charge on any atom is 0.266 e. The van der Waals surface area contributed by atoms with E-state index in [1.165, 1.54) is 6.20 Å². The van der Waals surface area contributed by atoms with Crippen molar-refractivity contribution < 1.29 is 8.78 Å². The molecule has 13 heteroatoms. The minimum atomic E-state index is -0.794. The molecule has 3 aromatic heterocycles. The van der Waals surface area contributed by atoms with Gasteiger partial charge >= 0.3 is 0 Å². The maximum atomic E-state index is 14.2. The van der Waals surface area contributed by atoms with E-state index in [2.05, 4.69) is 25.3 Å². The van der Waals surface area contributed by atoms with E-state index in [0.29, 0.717) is 0 Å². The van der Waals surface area contributed by atoms with Gasteiger partial charge in [0.25, 0.3) is 5.56 Å². The average Bonchev–Trinajstić information content (AvgIpc) is 3.67. The Morgan fingerprint density at radius 2 is 1.83 bits per heavy atom. The topological polar surface area (TPSA) is 185 Å². The number of nitrogens with one attached hydrogen (secondary N) is 1. The zero-order valence-electron chi connectivity index (χ0n) is 18.4. The molecule has 4 aromatic rings. The van der Waals surface area contributed by atoms with Crippen LogP contribution in [0.1, 0.15) is 35.8 Å².